The van der Waals surface area contributed by atoms with Gasteiger partial charge < -0.3 is 15.2 Å². The average molecular weight is 347 g/mol. The number of nitrogens with zero attached hydrogens (tertiary/aromatic N) is 4. The molecule has 1 aliphatic carbocycles. The summed E-state index contributed by atoms with van der Waals surface area (Å²) in [5.74, 6) is 1.55. The zero-order valence-corrected chi connectivity index (χ0v) is 14.7. The summed E-state index contributed by atoms with van der Waals surface area (Å²) in [6.07, 6.45) is 2.28. The molecule has 0 unspecified atom stereocenters. The van der Waals surface area contributed by atoms with Crippen molar-refractivity contribution in [2.24, 2.45) is 7.05 Å². The van der Waals surface area contributed by atoms with E-state index in [-0.39, 0.29) is 5.82 Å². The molecule has 26 heavy (non-hydrogen) atoms. The van der Waals surface area contributed by atoms with Crippen LogP contribution in [-0.2, 0) is 13.5 Å². The summed E-state index contributed by atoms with van der Waals surface area (Å²) < 4.78 is 12.7. The first-order valence-corrected chi connectivity index (χ1v) is 8.05. The number of aromatic nitrogens is 3. The summed E-state index contributed by atoms with van der Waals surface area (Å²) in [7, 11) is 5.06. The molecule has 3 aromatic rings. The molecule has 0 amide bonds. The van der Waals surface area contributed by atoms with E-state index in [2.05, 4.69) is 16.2 Å². The van der Waals surface area contributed by atoms with Gasteiger partial charge in [-0.05, 0) is 23.8 Å². The molecule has 2 heterocycles. The van der Waals surface area contributed by atoms with Crippen molar-refractivity contribution in [3.8, 4) is 40.1 Å². The van der Waals surface area contributed by atoms with E-state index >= 15 is 0 Å². The number of anilines is 1. The Balaban J connectivity index is 2.05. The molecule has 7 heteroatoms. The number of nitrogens with two attached hydrogens (primary N) is 1. The fraction of sp³-hybridized carbons (Fsp3) is 0.211. The number of methoxy groups -OCH3 is 2. The third-order valence-corrected chi connectivity index (χ3v) is 4.77. The molecule has 130 valence electrons. The van der Waals surface area contributed by atoms with Crippen LogP contribution in [0.3, 0.4) is 0 Å². The van der Waals surface area contributed by atoms with Crippen LogP contribution in [0, 0.1) is 11.3 Å². The quantitative estimate of drug-likeness (QED) is 0.611. The van der Waals surface area contributed by atoms with Crippen molar-refractivity contribution in [3.63, 3.8) is 0 Å². The van der Waals surface area contributed by atoms with E-state index in [1.54, 1.807) is 25.1 Å². The van der Waals surface area contributed by atoms with Gasteiger partial charge in [0.15, 0.2) is 11.5 Å². The van der Waals surface area contributed by atoms with Gasteiger partial charge in [0, 0.05) is 36.4 Å². The number of nitriles is 1. The van der Waals surface area contributed by atoms with Gasteiger partial charge in [-0.15, -0.1) is 0 Å². The number of rotatable bonds is 3. The van der Waals surface area contributed by atoms with Gasteiger partial charge >= 0.3 is 0 Å². The van der Waals surface area contributed by atoms with Crippen LogP contribution in [0.25, 0.3) is 22.5 Å². The van der Waals surface area contributed by atoms with Crippen molar-refractivity contribution in [3.05, 3.63) is 41.1 Å². The van der Waals surface area contributed by atoms with Crippen LogP contribution in [0.15, 0.2) is 24.4 Å². The first-order valence-electron chi connectivity index (χ1n) is 8.05. The van der Waals surface area contributed by atoms with E-state index < -0.39 is 0 Å². The van der Waals surface area contributed by atoms with Crippen LogP contribution in [0.5, 0.6) is 11.5 Å². The minimum absolute atomic E-state index is 0.213. The highest BCUT2D eigenvalue weighted by atomic mass is 16.5. The topological polar surface area (TPSA) is 99.0 Å². The van der Waals surface area contributed by atoms with Gasteiger partial charge in [-0.25, -0.2) is 4.98 Å². The molecule has 0 spiro atoms. The second-order valence-corrected chi connectivity index (χ2v) is 6.03. The molecule has 2 N–H and O–H groups in total. The van der Waals surface area contributed by atoms with Crippen molar-refractivity contribution >= 4 is 5.82 Å². The molecule has 0 bridgehead atoms. The SMILES string of the molecule is COc1ccc2c(c1OC)Cc1c-2nc(N)c(C#N)c1-c1ccnn1C. The Bertz CT molecular complexity index is 1080. The fourth-order valence-corrected chi connectivity index (χ4v) is 3.62. The van der Waals surface area contributed by atoms with Crippen molar-refractivity contribution in [1.82, 2.24) is 14.8 Å². The Morgan fingerprint density at radius 1 is 1.19 bits per heavy atom. The van der Waals surface area contributed by atoms with Gasteiger partial charge in [-0.1, -0.05) is 0 Å². The van der Waals surface area contributed by atoms with E-state index in [0.717, 1.165) is 33.6 Å². The van der Waals surface area contributed by atoms with Crippen LogP contribution in [0.1, 0.15) is 16.7 Å². The Labute approximate surface area is 150 Å². The lowest BCUT2D eigenvalue weighted by molar-refractivity contribution is 0.352. The molecule has 0 fully saturated rings. The summed E-state index contributed by atoms with van der Waals surface area (Å²) in [4.78, 5) is 4.53. The summed E-state index contributed by atoms with van der Waals surface area (Å²) in [5.41, 5.74) is 11.7. The molecule has 0 radical (unpaired) electrons. The predicted octanol–water partition coefficient (Wildman–Crippen LogP) is 2.52. The van der Waals surface area contributed by atoms with Gasteiger partial charge in [-0.3, -0.25) is 4.68 Å². The van der Waals surface area contributed by atoms with Crippen LogP contribution < -0.4 is 15.2 Å². The van der Waals surface area contributed by atoms with Crippen LogP contribution in [0.4, 0.5) is 5.82 Å². The van der Waals surface area contributed by atoms with Crippen LogP contribution in [0.2, 0.25) is 0 Å². The van der Waals surface area contributed by atoms with E-state index in [4.69, 9.17) is 15.2 Å². The standard InChI is InChI=1S/C19H17N5O2/c1-24-14(6-7-22-24)16-12-8-11-10(4-5-15(25-2)18(11)26-3)17(12)23-19(21)13(16)9-20/h4-7H,8H2,1-3H3,(H2,21,23). The molecule has 0 saturated carbocycles. The Kier molecular flexibility index (Phi) is 3.55. The number of fused-ring (bicyclic) bond motifs is 3. The number of hydrogen-bond acceptors (Lipinski definition) is 6. The molecule has 1 aliphatic rings. The Morgan fingerprint density at radius 3 is 2.62 bits per heavy atom. The molecule has 7 nitrogen and oxygen atoms in total. The highest BCUT2D eigenvalue weighted by Crippen LogP contribution is 2.48. The predicted molar refractivity (Wildman–Crippen MR) is 96.9 cm³/mol. The minimum atomic E-state index is 0.213. The van der Waals surface area contributed by atoms with Crippen molar-refractivity contribution in [1.29, 1.82) is 5.26 Å². The first kappa shape index (κ1) is 16.0. The van der Waals surface area contributed by atoms with E-state index in [1.807, 2.05) is 25.2 Å². The molecule has 4 rings (SSSR count). The molecule has 0 atom stereocenters. The summed E-state index contributed by atoms with van der Waals surface area (Å²) in [5, 5.41) is 13.9. The monoisotopic (exact) mass is 347 g/mol. The molecule has 0 aliphatic heterocycles. The van der Waals surface area contributed by atoms with Gasteiger partial charge in [0.25, 0.3) is 0 Å². The lowest BCUT2D eigenvalue weighted by atomic mass is 9.97. The molecule has 0 saturated heterocycles. The molecular weight excluding hydrogens is 330 g/mol. The van der Waals surface area contributed by atoms with E-state index in [0.29, 0.717) is 23.5 Å². The lowest BCUT2D eigenvalue weighted by Gasteiger charge is -2.12. The average Bonchev–Trinajstić information content (AvgIpc) is 3.22. The second-order valence-electron chi connectivity index (χ2n) is 6.03. The fourth-order valence-electron chi connectivity index (χ4n) is 3.62. The second kappa shape index (κ2) is 5.77. The number of nitrogen functional groups attached to an aromatic ring is 1. The number of benzene rings is 1. The maximum absolute atomic E-state index is 9.68. The Hall–Kier alpha value is -3.53. The van der Waals surface area contributed by atoms with Crippen LogP contribution in [-0.4, -0.2) is 29.0 Å². The van der Waals surface area contributed by atoms with Crippen molar-refractivity contribution in [2.45, 2.75) is 6.42 Å². The number of aryl methyl sites for hydroxylation is 1. The summed E-state index contributed by atoms with van der Waals surface area (Å²) in [6.45, 7) is 0. The van der Waals surface area contributed by atoms with Gasteiger partial charge in [0.1, 0.15) is 17.5 Å². The van der Waals surface area contributed by atoms with Gasteiger partial charge in [0.05, 0.1) is 25.6 Å². The molecule has 1 aromatic carbocycles. The van der Waals surface area contributed by atoms with Crippen molar-refractivity contribution < 1.29 is 9.47 Å². The number of ether oxygens (including phenoxy) is 2. The lowest BCUT2D eigenvalue weighted by Crippen LogP contribution is -2.05. The van der Waals surface area contributed by atoms with Crippen LogP contribution >= 0.6 is 0 Å². The maximum Gasteiger partial charge on any atom is 0.164 e. The zero-order valence-electron chi connectivity index (χ0n) is 14.7. The highest BCUT2D eigenvalue weighted by Gasteiger charge is 2.31. The number of hydrogen-bond donors (Lipinski definition) is 1. The maximum atomic E-state index is 9.68. The normalized spacial score (nSPS) is 11.6. The minimum Gasteiger partial charge on any atom is -0.493 e. The molecular formula is C19H17N5O2. The molecule has 2 aromatic heterocycles. The smallest absolute Gasteiger partial charge is 0.164 e. The highest BCUT2D eigenvalue weighted by molar-refractivity contribution is 5.89. The third kappa shape index (κ3) is 2.05. The van der Waals surface area contributed by atoms with Gasteiger partial charge in [0.2, 0.25) is 0 Å². The largest absolute Gasteiger partial charge is 0.493 e. The zero-order chi connectivity index (χ0) is 18.4. The summed E-state index contributed by atoms with van der Waals surface area (Å²) >= 11 is 0. The van der Waals surface area contributed by atoms with E-state index in [1.165, 1.54) is 0 Å². The van der Waals surface area contributed by atoms with Crippen molar-refractivity contribution in [2.75, 3.05) is 20.0 Å². The van der Waals surface area contributed by atoms with E-state index in [9.17, 15) is 5.26 Å². The summed E-state index contributed by atoms with van der Waals surface area (Å²) in [6, 6.07) is 7.88. The Morgan fingerprint density at radius 2 is 2.00 bits per heavy atom. The third-order valence-electron chi connectivity index (χ3n) is 4.77. The van der Waals surface area contributed by atoms with Gasteiger partial charge in [-0.2, -0.15) is 10.4 Å². The first-order chi connectivity index (χ1) is 12.6. The number of pyridine rings is 1.